The summed E-state index contributed by atoms with van der Waals surface area (Å²) in [7, 11) is 0. The lowest BCUT2D eigenvalue weighted by atomic mass is 10.8. The number of hydrogen-bond acceptors (Lipinski definition) is 2. The summed E-state index contributed by atoms with van der Waals surface area (Å²) >= 11 is 5.40. The van der Waals surface area contributed by atoms with Crippen molar-refractivity contribution in [2.45, 2.75) is 19.3 Å². The zero-order valence-electron chi connectivity index (χ0n) is 4.56. The standard InChI is InChI=1S/C4H9ClN2/c1-3-6-7-4(2)5/h4H,3H2,1-2H3/b7-6-. The van der Waals surface area contributed by atoms with Gasteiger partial charge in [-0.2, -0.15) is 10.2 Å². The van der Waals surface area contributed by atoms with Crippen LogP contribution in [0.2, 0.25) is 0 Å². The Labute approximate surface area is 48.6 Å². The summed E-state index contributed by atoms with van der Waals surface area (Å²) in [5, 5.41) is 7.30. The van der Waals surface area contributed by atoms with E-state index in [1.54, 1.807) is 6.92 Å². The molecule has 0 aliphatic heterocycles. The monoisotopic (exact) mass is 120 g/mol. The number of hydrogen-bond donors (Lipinski definition) is 0. The lowest BCUT2D eigenvalue weighted by molar-refractivity contribution is 0.859. The Bertz CT molecular complexity index is 60.7. The van der Waals surface area contributed by atoms with Gasteiger partial charge in [0.05, 0.1) is 6.54 Å². The topological polar surface area (TPSA) is 24.7 Å². The quantitative estimate of drug-likeness (QED) is 0.303. The van der Waals surface area contributed by atoms with Crippen LogP contribution in [0.5, 0.6) is 0 Å². The average Bonchev–Trinajstić information content (AvgIpc) is 1.61. The first kappa shape index (κ1) is 6.89. The Morgan fingerprint density at radius 3 is 2.43 bits per heavy atom. The number of nitrogens with zero attached hydrogens (tertiary/aromatic N) is 2. The van der Waals surface area contributed by atoms with E-state index in [1.165, 1.54) is 0 Å². The van der Waals surface area contributed by atoms with Crippen LogP contribution in [0.4, 0.5) is 0 Å². The zero-order chi connectivity index (χ0) is 5.70. The van der Waals surface area contributed by atoms with Crippen LogP contribution in [-0.4, -0.2) is 12.0 Å². The summed E-state index contributed by atoms with van der Waals surface area (Å²) in [5.74, 6) is 0. The highest BCUT2D eigenvalue weighted by atomic mass is 35.5. The van der Waals surface area contributed by atoms with Gasteiger partial charge in [0.15, 0.2) is 0 Å². The Morgan fingerprint density at radius 1 is 1.71 bits per heavy atom. The molecule has 3 heteroatoms. The molecule has 0 rings (SSSR count). The molecule has 0 fully saturated rings. The summed E-state index contributed by atoms with van der Waals surface area (Å²) in [6, 6.07) is 0. The van der Waals surface area contributed by atoms with Crippen molar-refractivity contribution in [3.63, 3.8) is 0 Å². The molecule has 0 aromatic carbocycles. The summed E-state index contributed by atoms with van der Waals surface area (Å²) in [4.78, 5) is 0. The maximum Gasteiger partial charge on any atom is 0.141 e. The minimum Gasteiger partial charge on any atom is -0.193 e. The molecule has 7 heavy (non-hydrogen) atoms. The molecule has 0 saturated carbocycles. The zero-order valence-corrected chi connectivity index (χ0v) is 5.31. The van der Waals surface area contributed by atoms with Crippen molar-refractivity contribution in [2.24, 2.45) is 10.2 Å². The molecular weight excluding hydrogens is 112 g/mol. The molecule has 0 saturated heterocycles. The first-order valence-corrected chi connectivity index (χ1v) is 2.71. The van der Waals surface area contributed by atoms with Gasteiger partial charge in [-0.15, -0.1) is 0 Å². The van der Waals surface area contributed by atoms with E-state index in [-0.39, 0.29) is 5.50 Å². The SMILES string of the molecule is CC/N=N\C(C)Cl. The molecule has 0 N–H and O–H groups in total. The third-order valence-corrected chi connectivity index (χ3v) is 0.469. The van der Waals surface area contributed by atoms with Crippen molar-refractivity contribution in [3.8, 4) is 0 Å². The summed E-state index contributed by atoms with van der Waals surface area (Å²) in [5.41, 5.74) is -0.167. The van der Waals surface area contributed by atoms with Gasteiger partial charge < -0.3 is 0 Å². The molecule has 0 aromatic heterocycles. The first-order chi connectivity index (χ1) is 3.27. The van der Waals surface area contributed by atoms with Gasteiger partial charge in [0.1, 0.15) is 5.50 Å². The molecule has 42 valence electrons. The van der Waals surface area contributed by atoms with Crippen molar-refractivity contribution >= 4 is 11.6 Å². The molecular formula is C4H9ClN2. The largest absolute Gasteiger partial charge is 0.193 e. The van der Waals surface area contributed by atoms with Crippen LogP contribution in [0.15, 0.2) is 10.2 Å². The van der Waals surface area contributed by atoms with Gasteiger partial charge in [-0.25, -0.2) is 0 Å². The first-order valence-electron chi connectivity index (χ1n) is 2.28. The molecule has 0 aliphatic carbocycles. The fourth-order valence-electron chi connectivity index (χ4n) is 0.194. The minimum atomic E-state index is -0.167. The lowest BCUT2D eigenvalue weighted by Crippen LogP contribution is -1.79. The summed E-state index contributed by atoms with van der Waals surface area (Å²) < 4.78 is 0. The maximum absolute atomic E-state index is 5.40. The van der Waals surface area contributed by atoms with Gasteiger partial charge in [0.2, 0.25) is 0 Å². The van der Waals surface area contributed by atoms with Crippen LogP contribution < -0.4 is 0 Å². The third kappa shape index (κ3) is 5.89. The van der Waals surface area contributed by atoms with E-state index in [0.717, 1.165) is 6.54 Å². The minimum absolute atomic E-state index is 0.167. The second-order valence-electron chi connectivity index (χ2n) is 1.15. The van der Waals surface area contributed by atoms with E-state index in [0.29, 0.717) is 0 Å². The maximum atomic E-state index is 5.40. The molecule has 0 bridgehead atoms. The van der Waals surface area contributed by atoms with Crippen molar-refractivity contribution in [3.05, 3.63) is 0 Å². The molecule has 0 spiro atoms. The predicted molar refractivity (Wildman–Crippen MR) is 30.7 cm³/mol. The number of azo groups is 1. The Hall–Kier alpha value is -0.110. The van der Waals surface area contributed by atoms with Gasteiger partial charge in [-0.3, -0.25) is 0 Å². The van der Waals surface area contributed by atoms with Crippen molar-refractivity contribution < 1.29 is 0 Å². The van der Waals surface area contributed by atoms with Crippen molar-refractivity contribution in [2.75, 3.05) is 6.54 Å². The van der Waals surface area contributed by atoms with Crippen LogP contribution in [0.1, 0.15) is 13.8 Å². The molecule has 0 aromatic rings. The summed E-state index contributed by atoms with van der Waals surface area (Å²) in [6.45, 7) is 4.42. The fraction of sp³-hybridized carbons (Fsp3) is 1.00. The average molecular weight is 121 g/mol. The van der Waals surface area contributed by atoms with Crippen molar-refractivity contribution in [1.29, 1.82) is 0 Å². The number of halogens is 1. The number of alkyl halides is 1. The second-order valence-corrected chi connectivity index (χ2v) is 1.78. The number of rotatable bonds is 2. The van der Waals surface area contributed by atoms with Gasteiger partial charge in [0, 0.05) is 0 Å². The van der Waals surface area contributed by atoms with Gasteiger partial charge in [0.25, 0.3) is 0 Å². The fourth-order valence-corrected chi connectivity index (χ4v) is 0.256. The van der Waals surface area contributed by atoms with Crippen LogP contribution in [-0.2, 0) is 0 Å². The highest BCUT2D eigenvalue weighted by Crippen LogP contribution is 1.93. The van der Waals surface area contributed by atoms with E-state index in [4.69, 9.17) is 11.6 Å². The highest BCUT2D eigenvalue weighted by molar-refractivity contribution is 6.20. The van der Waals surface area contributed by atoms with E-state index in [2.05, 4.69) is 10.2 Å². The van der Waals surface area contributed by atoms with E-state index in [1.807, 2.05) is 6.92 Å². The Balaban J connectivity index is 3.08. The van der Waals surface area contributed by atoms with E-state index in [9.17, 15) is 0 Å². The van der Waals surface area contributed by atoms with Crippen LogP contribution in [0.25, 0.3) is 0 Å². The Morgan fingerprint density at radius 2 is 2.29 bits per heavy atom. The third-order valence-electron chi connectivity index (χ3n) is 0.382. The molecule has 0 radical (unpaired) electrons. The molecule has 1 atom stereocenters. The summed E-state index contributed by atoms with van der Waals surface area (Å²) in [6.07, 6.45) is 0. The molecule has 0 aliphatic rings. The molecule has 1 unspecified atom stereocenters. The molecule has 0 amide bonds. The van der Waals surface area contributed by atoms with E-state index < -0.39 is 0 Å². The van der Waals surface area contributed by atoms with E-state index >= 15 is 0 Å². The van der Waals surface area contributed by atoms with Crippen molar-refractivity contribution in [1.82, 2.24) is 0 Å². The normalized spacial score (nSPS) is 15.3. The predicted octanol–water partition coefficient (Wildman–Crippen LogP) is 2.04. The van der Waals surface area contributed by atoms with Gasteiger partial charge in [-0.1, -0.05) is 11.6 Å². The van der Waals surface area contributed by atoms with Crippen LogP contribution in [0, 0.1) is 0 Å². The molecule has 0 heterocycles. The van der Waals surface area contributed by atoms with Gasteiger partial charge in [-0.05, 0) is 13.8 Å². The second kappa shape index (κ2) is 4.06. The highest BCUT2D eigenvalue weighted by Gasteiger charge is 1.83. The van der Waals surface area contributed by atoms with Crippen LogP contribution >= 0.6 is 11.6 Å². The van der Waals surface area contributed by atoms with Crippen LogP contribution in [0.3, 0.4) is 0 Å². The van der Waals surface area contributed by atoms with Gasteiger partial charge >= 0.3 is 0 Å². The Kier molecular flexibility index (Phi) is 4.00. The lowest BCUT2D eigenvalue weighted by Gasteiger charge is -1.85. The smallest absolute Gasteiger partial charge is 0.141 e. The molecule has 2 nitrogen and oxygen atoms in total.